The molecule has 0 saturated carbocycles. The van der Waals surface area contributed by atoms with Crippen LogP contribution >= 0.6 is 19.4 Å². The van der Waals surface area contributed by atoms with Gasteiger partial charge in [0.25, 0.3) is 5.56 Å². The average molecular weight is 379 g/mol. The highest BCUT2D eigenvalue weighted by Gasteiger charge is 2.26. The monoisotopic (exact) mass is 379 g/mol. The molecule has 0 aliphatic heterocycles. The molecular formula is C16H18N3O4PS. The normalized spacial score (nSPS) is 11.3. The van der Waals surface area contributed by atoms with Crippen molar-refractivity contribution in [2.75, 3.05) is 19.5 Å². The van der Waals surface area contributed by atoms with Gasteiger partial charge in [-0.1, -0.05) is 23.9 Å². The first-order chi connectivity index (χ1) is 12.0. The summed E-state index contributed by atoms with van der Waals surface area (Å²) in [6.45, 7) is 3.99. The maximum Gasteiger partial charge on any atom is 0.361 e. The molecule has 1 aromatic carbocycles. The van der Waals surface area contributed by atoms with Gasteiger partial charge in [0.2, 0.25) is 0 Å². The van der Waals surface area contributed by atoms with E-state index in [2.05, 4.69) is 9.97 Å². The Kier molecular flexibility index (Phi) is 6.57. The van der Waals surface area contributed by atoms with Crippen LogP contribution in [0.25, 0.3) is 11.3 Å². The Labute approximate surface area is 149 Å². The van der Waals surface area contributed by atoms with Crippen LogP contribution in [0.1, 0.15) is 19.4 Å². The number of nitrogens with zero attached hydrogens (tertiary/aromatic N) is 2. The number of benzene rings is 1. The van der Waals surface area contributed by atoms with E-state index < -0.39 is 13.2 Å². The summed E-state index contributed by atoms with van der Waals surface area (Å²) in [5, 5.41) is 10.1. The van der Waals surface area contributed by atoms with Crippen molar-refractivity contribution >= 4 is 24.7 Å². The molecule has 25 heavy (non-hydrogen) atoms. The van der Waals surface area contributed by atoms with Gasteiger partial charge in [0.15, 0.2) is 5.16 Å². The van der Waals surface area contributed by atoms with Crippen LogP contribution in [0.5, 0.6) is 0 Å². The molecule has 0 atom stereocenters. The Morgan fingerprint density at radius 2 is 1.84 bits per heavy atom. The van der Waals surface area contributed by atoms with Gasteiger partial charge in [0.1, 0.15) is 11.6 Å². The predicted octanol–water partition coefficient (Wildman–Crippen LogP) is 2.92. The molecule has 0 aliphatic carbocycles. The van der Waals surface area contributed by atoms with Crippen molar-refractivity contribution in [3.8, 4) is 17.3 Å². The minimum absolute atomic E-state index is 0.0663. The third-order valence-corrected chi connectivity index (χ3v) is 5.96. The van der Waals surface area contributed by atoms with Crippen LogP contribution in [-0.2, 0) is 13.6 Å². The molecule has 9 heteroatoms. The molecule has 1 heterocycles. The highest BCUT2D eigenvalue weighted by Crippen LogP contribution is 2.46. The standard InChI is InChI=1S/C16H18N3O4PS/c1-4-22-24(21,23-5-2)12-8-6-11(7-9-12)14-13(10-17)15(20)19-16(18-14)25-3/h6-9H,4-5H2,1-3H3,(H,18,19,20). The Morgan fingerprint density at radius 3 is 2.32 bits per heavy atom. The van der Waals surface area contributed by atoms with Crippen LogP contribution in [0.3, 0.4) is 0 Å². The summed E-state index contributed by atoms with van der Waals surface area (Å²) in [7, 11) is -3.38. The van der Waals surface area contributed by atoms with Gasteiger partial charge in [-0.25, -0.2) is 4.98 Å². The third kappa shape index (κ3) is 4.20. The molecule has 0 unspecified atom stereocenters. The van der Waals surface area contributed by atoms with Crippen molar-refractivity contribution in [3.05, 3.63) is 40.2 Å². The number of thioether (sulfide) groups is 1. The number of nitriles is 1. The number of rotatable bonds is 7. The van der Waals surface area contributed by atoms with Gasteiger partial charge in [-0.15, -0.1) is 0 Å². The highest BCUT2D eigenvalue weighted by molar-refractivity contribution is 7.98. The van der Waals surface area contributed by atoms with Crippen LogP contribution in [0.15, 0.2) is 34.2 Å². The fourth-order valence-corrected chi connectivity index (χ4v) is 4.13. The molecule has 2 rings (SSSR count). The molecule has 1 aromatic heterocycles. The summed E-state index contributed by atoms with van der Waals surface area (Å²) in [6, 6.07) is 8.37. The second kappa shape index (κ2) is 8.45. The van der Waals surface area contributed by atoms with Gasteiger partial charge < -0.3 is 14.0 Å². The zero-order valence-corrected chi connectivity index (χ0v) is 15.8. The Morgan fingerprint density at radius 1 is 1.24 bits per heavy atom. The largest absolute Gasteiger partial charge is 0.361 e. The van der Waals surface area contributed by atoms with Crippen LogP contribution in [0.4, 0.5) is 0 Å². The lowest BCUT2D eigenvalue weighted by atomic mass is 10.1. The molecular weight excluding hydrogens is 361 g/mol. The lowest BCUT2D eigenvalue weighted by Gasteiger charge is -2.17. The molecule has 0 aliphatic rings. The van der Waals surface area contributed by atoms with Gasteiger partial charge in [-0.3, -0.25) is 9.36 Å². The predicted molar refractivity (Wildman–Crippen MR) is 97.3 cm³/mol. The number of H-pyrrole nitrogens is 1. The van der Waals surface area contributed by atoms with Gasteiger partial charge in [-0.05, 0) is 32.2 Å². The Balaban J connectivity index is 2.51. The first-order valence-electron chi connectivity index (χ1n) is 7.57. The van der Waals surface area contributed by atoms with Gasteiger partial charge in [0.05, 0.1) is 24.2 Å². The lowest BCUT2D eigenvalue weighted by Crippen LogP contribution is -2.15. The number of aromatic amines is 1. The van der Waals surface area contributed by atoms with Gasteiger partial charge in [0, 0.05) is 5.56 Å². The molecule has 0 fully saturated rings. The first kappa shape index (κ1) is 19.4. The molecule has 0 saturated heterocycles. The van der Waals surface area contributed by atoms with E-state index in [9.17, 15) is 14.6 Å². The molecule has 0 amide bonds. The zero-order chi connectivity index (χ0) is 18.4. The van der Waals surface area contributed by atoms with Crippen molar-refractivity contribution in [1.29, 1.82) is 5.26 Å². The molecule has 2 aromatic rings. The molecule has 1 N–H and O–H groups in total. The van der Waals surface area contributed by atoms with E-state index in [4.69, 9.17) is 9.05 Å². The molecule has 0 bridgehead atoms. The summed E-state index contributed by atoms with van der Waals surface area (Å²) in [6.07, 6.45) is 1.78. The van der Waals surface area contributed by atoms with Crippen molar-refractivity contribution in [3.63, 3.8) is 0 Å². The van der Waals surface area contributed by atoms with Crippen LogP contribution in [0.2, 0.25) is 0 Å². The Hall–Kier alpha value is -1.91. The smallest absolute Gasteiger partial charge is 0.305 e. The van der Waals surface area contributed by atoms with E-state index in [0.717, 1.165) is 0 Å². The maximum absolute atomic E-state index is 12.8. The van der Waals surface area contributed by atoms with E-state index in [0.29, 0.717) is 16.0 Å². The Bertz CT molecular complexity index is 880. The summed E-state index contributed by atoms with van der Waals surface area (Å²) in [5.74, 6) is 0. The number of aromatic nitrogens is 2. The van der Waals surface area contributed by atoms with Crippen LogP contribution in [0, 0.1) is 11.3 Å². The number of nitrogens with one attached hydrogen (secondary N) is 1. The quantitative estimate of drug-likeness (QED) is 0.448. The van der Waals surface area contributed by atoms with E-state index in [1.54, 1.807) is 44.4 Å². The van der Waals surface area contributed by atoms with Gasteiger partial charge in [-0.2, -0.15) is 5.26 Å². The topological polar surface area (TPSA) is 105 Å². The molecule has 0 spiro atoms. The summed E-state index contributed by atoms with van der Waals surface area (Å²) in [4.78, 5) is 18.9. The fourth-order valence-electron chi connectivity index (χ4n) is 2.19. The zero-order valence-electron chi connectivity index (χ0n) is 14.1. The van der Waals surface area contributed by atoms with E-state index in [-0.39, 0.29) is 24.5 Å². The van der Waals surface area contributed by atoms with E-state index in [1.165, 1.54) is 11.8 Å². The highest BCUT2D eigenvalue weighted by atomic mass is 32.2. The summed E-state index contributed by atoms with van der Waals surface area (Å²) < 4.78 is 23.4. The minimum atomic E-state index is -3.38. The number of hydrogen-bond acceptors (Lipinski definition) is 7. The molecule has 0 radical (unpaired) electrons. The van der Waals surface area contributed by atoms with Crippen LogP contribution in [-0.4, -0.2) is 29.4 Å². The fraction of sp³-hybridized carbons (Fsp3) is 0.312. The first-order valence-corrected chi connectivity index (χ1v) is 10.3. The van der Waals surface area contributed by atoms with Crippen molar-refractivity contribution in [2.45, 2.75) is 19.0 Å². The second-order valence-corrected chi connectivity index (χ2v) is 7.61. The average Bonchev–Trinajstić information content (AvgIpc) is 2.61. The molecule has 132 valence electrons. The van der Waals surface area contributed by atoms with E-state index >= 15 is 0 Å². The van der Waals surface area contributed by atoms with Crippen molar-refractivity contribution < 1.29 is 13.6 Å². The third-order valence-electron chi connectivity index (χ3n) is 3.26. The van der Waals surface area contributed by atoms with Crippen molar-refractivity contribution in [2.24, 2.45) is 0 Å². The van der Waals surface area contributed by atoms with Gasteiger partial charge >= 0.3 is 7.60 Å². The van der Waals surface area contributed by atoms with Crippen LogP contribution < -0.4 is 10.9 Å². The lowest BCUT2D eigenvalue weighted by molar-refractivity contribution is 0.230. The maximum atomic E-state index is 12.8. The summed E-state index contributed by atoms with van der Waals surface area (Å²) in [5.41, 5.74) is 0.296. The molecule has 7 nitrogen and oxygen atoms in total. The SMILES string of the molecule is CCOP(=O)(OCC)c1ccc(-c2nc(SC)[nH]c(=O)c2C#N)cc1. The van der Waals surface area contributed by atoms with Crippen molar-refractivity contribution in [1.82, 2.24) is 9.97 Å². The minimum Gasteiger partial charge on any atom is -0.305 e. The summed E-state index contributed by atoms with van der Waals surface area (Å²) >= 11 is 1.27. The van der Waals surface area contributed by atoms with E-state index in [1.807, 2.05) is 6.07 Å². The number of hydrogen-bond donors (Lipinski definition) is 1. The second-order valence-electron chi connectivity index (χ2n) is 4.79.